The fourth-order valence-electron chi connectivity index (χ4n) is 4.79. The standard InChI is InChI=1S/C29H29NO7/c1-18-23(12-19-13-26(33-3)29(27(14-19)34-4)36-10-11-37-29)22-8-7-20(32-2)15-25(22)24(18)16-28(31)30-17-21-6-5-9-35-21/h5-9,12-16H,10-11,17H2,1-4H3,(H,30,31). The second-order valence-corrected chi connectivity index (χ2v) is 8.69. The molecule has 0 unspecified atom stereocenters. The molecule has 1 saturated heterocycles. The first-order valence-corrected chi connectivity index (χ1v) is 11.9. The molecule has 1 spiro atoms. The summed E-state index contributed by atoms with van der Waals surface area (Å²) in [6.45, 7) is 3.19. The summed E-state index contributed by atoms with van der Waals surface area (Å²) < 4.78 is 33.9. The van der Waals surface area contributed by atoms with Crippen LogP contribution in [0.2, 0.25) is 0 Å². The second kappa shape index (κ2) is 10.2. The molecule has 1 fully saturated rings. The van der Waals surface area contributed by atoms with E-state index in [9.17, 15) is 4.79 Å². The number of hydrogen-bond donors (Lipinski definition) is 1. The predicted molar refractivity (Wildman–Crippen MR) is 137 cm³/mol. The molecule has 8 nitrogen and oxygen atoms in total. The molecule has 0 saturated carbocycles. The highest BCUT2D eigenvalue weighted by Gasteiger charge is 2.49. The van der Waals surface area contributed by atoms with Crippen LogP contribution in [-0.2, 0) is 30.3 Å². The molecule has 1 aromatic heterocycles. The summed E-state index contributed by atoms with van der Waals surface area (Å²) in [5, 5.41) is 2.88. The first-order chi connectivity index (χ1) is 18.0. The zero-order valence-electron chi connectivity index (χ0n) is 21.3. The smallest absolute Gasteiger partial charge is 0.288 e. The topological polar surface area (TPSA) is 88.4 Å². The molecule has 3 aliphatic rings. The number of hydrogen-bond acceptors (Lipinski definition) is 7. The summed E-state index contributed by atoms with van der Waals surface area (Å²) in [4.78, 5) is 12.8. The van der Waals surface area contributed by atoms with E-state index in [0.717, 1.165) is 33.4 Å². The van der Waals surface area contributed by atoms with Crippen molar-refractivity contribution in [2.24, 2.45) is 0 Å². The molecule has 0 radical (unpaired) electrons. The van der Waals surface area contributed by atoms with Crippen LogP contribution < -0.4 is 10.1 Å². The number of fused-ring (bicyclic) bond motifs is 1. The third-order valence-electron chi connectivity index (χ3n) is 6.60. The van der Waals surface area contributed by atoms with E-state index in [0.29, 0.717) is 42.8 Å². The predicted octanol–water partition coefficient (Wildman–Crippen LogP) is 4.52. The summed E-state index contributed by atoms with van der Waals surface area (Å²) in [6.07, 6.45) is 9.01. The van der Waals surface area contributed by atoms with Crippen molar-refractivity contribution in [3.63, 3.8) is 0 Å². The van der Waals surface area contributed by atoms with Crippen molar-refractivity contribution in [1.29, 1.82) is 0 Å². The van der Waals surface area contributed by atoms with Crippen LogP contribution in [0.15, 0.2) is 88.0 Å². The molecule has 5 rings (SSSR count). The maximum absolute atomic E-state index is 12.8. The Balaban J connectivity index is 1.54. The molecule has 192 valence electrons. The average Bonchev–Trinajstić information content (AvgIpc) is 3.66. The molecule has 0 bridgehead atoms. The number of furan rings is 1. The van der Waals surface area contributed by atoms with Crippen LogP contribution in [0.25, 0.3) is 11.1 Å². The van der Waals surface area contributed by atoms with Crippen molar-refractivity contribution in [2.75, 3.05) is 34.5 Å². The van der Waals surface area contributed by atoms with E-state index < -0.39 is 5.79 Å². The van der Waals surface area contributed by atoms with Crippen LogP contribution in [0, 0.1) is 0 Å². The highest BCUT2D eigenvalue weighted by atomic mass is 16.8. The molecule has 1 aliphatic heterocycles. The van der Waals surface area contributed by atoms with E-state index in [1.165, 1.54) is 0 Å². The molecular formula is C29H29NO7. The lowest BCUT2D eigenvalue weighted by Crippen LogP contribution is -2.38. The molecule has 1 N–H and O–H groups in total. The normalized spacial score (nSPS) is 19.0. The Labute approximate surface area is 215 Å². The van der Waals surface area contributed by atoms with Crippen LogP contribution in [-0.4, -0.2) is 46.2 Å². The largest absolute Gasteiger partial charge is 0.497 e. The van der Waals surface area contributed by atoms with Gasteiger partial charge in [0.15, 0.2) is 11.5 Å². The zero-order chi connectivity index (χ0) is 26.0. The SMILES string of the molecule is COC1=CC(=CC2=C(C)C(=CC(=O)NCc3ccco3)c3cc(OC)ccc32)C=C(OC)C12OCCO2. The molecule has 1 amide bonds. The Morgan fingerprint density at radius 2 is 1.76 bits per heavy atom. The summed E-state index contributed by atoms with van der Waals surface area (Å²) >= 11 is 0. The molecule has 2 aliphatic carbocycles. The van der Waals surface area contributed by atoms with E-state index in [1.807, 2.05) is 49.4 Å². The number of benzene rings is 1. The van der Waals surface area contributed by atoms with Gasteiger partial charge in [-0.05, 0) is 82.8 Å². The Morgan fingerprint density at radius 1 is 1.03 bits per heavy atom. The lowest BCUT2D eigenvalue weighted by atomic mass is 9.96. The van der Waals surface area contributed by atoms with Gasteiger partial charge < -0.3 is 33.4 Å². The molecule has 0 atom stereocenters. The minimum absolute atomic E-state index is 0.216. The maximum atomic E-state index is 12.8. The quantitative estimate of drug-likeness (QED) is 0.556. The number of carbonyl (C=O) groups is 1. The van der Waals surface area contributed by atoms with Gasteiger partial charge in [-0.15, -0.1) is 0 Å². The van der Waals surface area contributed by atoms with Gasteiger partial charge in [-0.1, -0.05) is 6.07 Å². The molecule has 2 heterocycles. The van der Waals surface area contributed by atoms with Crippen LogP contribution >= 0.6 is 0 Å². The van der Waals surface area contributed by atoms with Crippen molar-refractivity contribution in [1.82, 2.24) is 5.32 Å². The Kier molecular flexibility index (Phi) is 6.78. The lowest BCUT2D eigenvalue weighted by Gasteiger charge is -2.32. The van der Waals surface area contributed by atoms with Crippen LogP contribution in [0.5, 0.6) is 5.75 Å². The number of amides is 1. The summed E-state index contributed by atoms with van der Waals surface area (Å²) in [7, 11) is 4.79. The Bertz CT molecular complexity index is 1330. The van der Waals surface area contributed by atoms with Gasteiger partial charge in [0.2, 0.25) is 5.91 Å². The summed E-state index contributed by atoms with van der Waals surface area (Å²) in [6, 6.07) is 9.46. The summed E-state index contributed by atoms with van der Waals surface area (Å²) in [5.74, 6) is 1.03. The van der Waals surface area contributed by atoms with Gasteiger partial charge in [0.1, 0.15) is 11.5 Å². The van der Waals surface area contributed by atoms with Crippen molar-refractivity contribution in [3.8, 4) is 5.75 Å². The minimum Gasteiger partial charge on any atom is -0.497 e. The number of nitrogens with one attached hydrogen (secondary N) is 1. The fourth-order valence-corrected chi connectivity index (χ4v) is 4.79. The minimum atomic E-state index is -1.16. The van der Waals surface area contributed by atoms with Gasteiger partial charge in [0.25, 0.3) is 5.79 Å². The highest BCUT2D eigenvalue weighted by Crippen LogP contribution is 2.45. The van der Waals surface area contributed by atoms with Gasteiger partial charge in [-0.2, -0.15) is 0 Å². The van der Waals surface area contributed by atoms with E-state index in [4.69, 9.17) is 28.1 Å². The van der Waals surface area contributed by atoms with E-state index in [1.54, 1.807) is 39.7 Å². The van der Waals surface area contributed by atoms with Crippen molar-refractivity contribution < 1.29 is 32.9 Å². The Hall–Kier alpha value is -4.01. The monoisotopic (exact) mass is 503 g/mol. The average molecular weight is 504 g/mol. The fraction of sp³-hybridized carbons (Fsp3) is 0.276. The third-order valence-corrected chi connectivity index (χ3v) is 6.60. The number of methoxy groups -OCH3 is 3. The molecule has 8 heteroatoms. The van der Waals surface area contributed by atoms with Gasteiger partial charge in [0, 0.05) is 6.08 Å². The number of ether oxygens (including phenoxy) is 5. The summed E-state index contributed by atoms with van der Waals surface area (Å²) in [5.41, 5.74) is 5.50. The molecule has 37 heavy (non-hydrogen) atoms. The first kappa shape index (κ1) is 24.7. The van der Waals surface area contributed by atoms with E-state index >= 15 is 0 Å². The van der Waals surface area contributed by atoms with Gasteiger partial charge in [0.05, 0.1) is 47.4 Å². The van der Waals surface area contributed by atoms with Crippen molar-refractivity contribution in [3.05, 3.63) is 100 Å². The number of carbonyl (C=O) groups excluding carboxylic acids is 1. The van der Waals surface area contributed by atoms with E-state index in [-0.39, 0.29) is 5.91 Å². The number of allylic oxidation sites excluding steroid dienone is 7. The first-order valence-electron chi connectivity index (χ1n) is 11.9. The van der Waals surface area contributed by atoms with Gasteiger partial charge in [-0.3, -0.25) is 4.79 Å². The van der Waals surface area contributed by atoms with Gasteiger partial charge >= 0.3 is 0 Å². The van der Waals surface area contributed by atoms with Crippen LogP contribution in [0.3, 0.4) is 0 Å². The second-order valence-electron chi connectivity index (χ2n) is 8.69. The van der Waals surface area contributed by atoms with E-state index in [2.05, 4.69) is 5.32 Å². The van der Waals surface area contributed by atoms with Crippen LogP contribution in [0.4, 0.5) is 0 Å². The van der Waals surface area contributed by atoms with Crippen LogP contribution in [0.1, 0.15) is 23.8 Å². The lowest BCUT2D eigenvalue weighted by molar-refractivity contribution is -0.150. The third kappa shape index (κ3) is 4.50. The molecule has 2 aromatic rings. The Morgan fingerprint density at radius 3 is 2.38 bits per heavy atom. The molecule has 1 aromatic carbocycles. The molecular weight excluding hydrogens is 474 g/mol. The number of rotatable bonds is 7. The zero-order valence-corrected chi connectivity index (χ0v) is 21.3. The van der Waals surface area contributed by atoms with Crippen molar-refractivity contribution in [2.45, 2.75) is 19.3 Å². The van der Waals surface area contributed by atoms with Gasteiger partial charge in [-0.25, -0.2) is 0 Å². The van der Waals surface area contributed by atoms with Crippen molar-refractivity contribution >= 4 is 17.1 Å². The highest BCUT2D eigenvalue weighted by molar-refractivity contribution is 6.09. The maximum Gasteiger partial charge on any atom is 0.288 e.